The summed E-state index contributed by atoms with van der Waals surface area (Å²) >= 11 is 1.59. The van der Waals surface area contributed by atoms with E-state index in [-0.39, 0.29) is 47.7 Å². The number of carbonyl (C=O) groups is 1. The Morgan fingerprint density at radius 1 is 1.09 bits per heavy atom. The molecule has 3 rings (SSSR count). The van der Waals surface area contributed by atoms with Gasteiger partial charge in [0.15, 0.2) is 0 Å². The zero-order valence-corrected chi connectivity index (χ0v) is 21.8. The van der Waals surface area contributed by atoms with E-state index in [2.05, 4.69) is 13.8 Å². The average Bonchev–Trinajstić information content (AvgIpc) is 3.12. The summed E-state index contributed by atoms with van der Waals surface area (Å²) in [6.07, 6.45) is 0.323. The molecular weight excluding hydrogens is 450 g/mol. The third-order valence-electron chi connectivity index (χ3n) is 5.08. The maximum absolute atomic E-state index is 14.9. The van der Waals surface area contributed by atoms with Crippen LogP contribution >= 0.6 is 11.3 Å². The van der Waals surface area contributed by atoms with E-state index in [9.17, 15) is 24.5 Å². The number of thiophene rings is 1. The minimum absolute atomic E-state index is 0. The Labute approximate surface area is 219 Å². The number of hydrogen-bond donors (Lipinski definition) is 2. The molecule has 0 fully saturated rings. The number of carboxylic acid groups (broad SMARTS) is 1. The third-order valence-corrected chi connectivity index (χ3v) is 6.63. The van der Waals surface area contributed by atoms with Crippen molar-refractivity contribution in [3.63, 3.8) is 0 Å². The Balaban J connectivity index is 0.00000385. The van der Waals surface area contributed by atoms with Gasteiger partial charge in [0, 0.05) is 39.7 Å². The fourth-order valence-corrected chi connectivity index (χ4v) is 4.93. The Morgan fingerprint density at radius 2 is 1.73 bits per heavy atom. The number of carbonyl (C=O) groups excluding carboxylic acids is 1. The van der Waals surface area contributed by atoms with Crippen LogP contribution in [-0.2, 0) is 4.79 Å². The van der Waals surface area contributed by atoms with Gasteiger partial charge in [-0.05, 0) is 23.1 Å². The molecule has 0 spiro atoms. The van der Waals surface area contributed by atoms with Crippen molar-refractivity contribution in [1.29, 1.82) is 0 Å². The maximum atomic E-state index is 14.9. The molecular formula is C26H26FNaO4S. The topological polar surface area (TPSA) is 80.6 Å². The predicted molar refractivity (Wildman–Crippen MR) is 125 cm³/mol. The average molecular weight is 477 g/mol. The van der Waals surface area contributed by atoms with Crippen molar-refractivity contribution in [2.45, 2.75) is 44.8 Å². The van der Waals surface area contributed by atoms with Gasteiger partial charge in [-0.1, -0.05) is 74.5 Å². The van der Waals surface area contributed by atoms with Gasteiger partial charge in [0.1, 0.15) is 5.82 Å². The summed E-state index contributed by atoms with van der Waals surface area (Å²) in [5.74, 6) is -1.55. The quantitative estimate of drug-likeness (QED) is 0.460. The smallest absolute Gasteiger partial charge is 0.550 e. The minimum Gasteiger partial charge on any atom is -0.550 e. The van der Waals surface area contributed by atoms with E-state index >= 15 is 0 Å². The van der Waals surface area contributed by atoms with Crippen LogP contribution in [-0.4, -0.2) is 28.4 Å². The summed E-state index contributed by atoms with van der Waals surface area (Å²) < 4.78 is 14.9. The Kier molecular flexibility index (Phi) is 10.5. The van der Waals surface area contributed by atoms with Gasteiger partial charge < -0.3 is 20.1 Å². The van der Waals surface area contributed by atoms with Gasteiger partial charge >= 0.3 is 29.6 Å². The van der Waals surface area contributed by atoms with Gasteiger partial charge in [0.2, 0.25) is 0 Å². The maximum Gasteiger partial charge on any atom is 1.00 e. The van der Waals surface area contributed by atoms with Crippen LogP contribution in [0.5, 0.6) is 0 Å². The van der Waals surface area contributed by atoms with Crippen molar-refractivity contribution in [1.82, 2.24) is 0 Å². The predicted octanol–water partition coefficient (Wildman–Crippen LogP) is 1.61. The van der Waals surface area contributed by atoms with Crippen LogP contribution in [0.2, 0.25) is 0 Å². The number of aliphatic hydroxyl groups excluding tert-OH is 2. The molecule has 0 aliphatic heterocycles. The van der Waals surface area contributed by atoms with E-state index in [0.717, 1.165) is 26.4 Å². The number of aliphatic carboxylic acids is 1. The van der Waals surface area contributed by atoms with Gasteiger partial charge in [0.25, 0.3) is 0 Å². The minimum atomic E-state index is -1.37. The van der Waals surface area contributed by atoms with Gasteiger partial charge in [0.05, 0.1) is 12.2 Å². The van der Waals surface area contributed by atoms with Gasteiger partial charge in [-0.2, -0.15) is 0 Å². The molecule has 0 aliphatic carbocycles. The van der Waals surface area contributed by atoms with Crippen LogP contribution in [0.3, 0.4) is 0 Å². The fraction of sp³-hybridized carbons (Fsp3) is 0.269. The first-order valence-electron chi connectivity index (χ1n) is 10.5. The first kappa shape index (κ1) is 27.4. The van der Waals surface area contributed by atoms with Crippen LogP contribution in [0.1, 0.15) is 43.0 Å². The summed E-state index contributed by atoms with van der Waals surface area (Å²) in [7, 11) is 0. The molecule has 33 heavy (non-hydrogen) atoms. The Bertz CT molecular complexity index is 1090. The summed E-state index contributed by atoms with van der Waals surface area (Å²) in [4.78, 5) is 12.6. The van der Waals surface area contributed by atoms with Crippen molar-refractivity contribution < 1.29 is 54.1 Å². The second kappa shape index (κ2) is 12.6. The molecule has 2 atom stereocenters. The molecule has 0 saturated heterocycles. The Hall–Kier alpha value is -1.80. The molecule has 2 aromatic carbocycles. The number of hydrogen-bond acceptors (Lipinski definition) is 5. The van der Waals surface area contributed by atoms with Crippen molar-refractivity contribution in [2.75, 3.05) is 0 Å². The molecule has 4 nitrogen and oxygen atoms in total. The molecule has 3 aromatic rings. The van der Waals surface area contributed by atoms with E-state index in [0.29, 0.717) is 5.56 Å². The molecule has 0 saturated carbocycles. The van der Waals surface area contributed by atoms with Crippen LogP contribution < -0.4 is 34.7 Å². The van der Waals surface area contributed by atoms with E-state index in [1.54, 1.807) is 35.6 Å². The SMILES string of the molecule is CC(C)c1sc(-c2ccccc2)c(-c2ccccc2F)c1/C=C/[C@@H](O)C[C@@H](O)CC(=O)[O-].[Na+]. The number of rotatable bonds is 9. The molecule has 1 aromatic heterocycles. The first-order valence-corrected chi connectivity index (χ1v) is 11.3. The van der Waals surface area contributed by atoms with Crippen LogP contribution in [0.25, 0.3) is 27.6 Å². The summed E-state index contributed by atoms with van der Waals surface area (Å²) in [6.45, 7) is 4.12. The van der Waals surface area contributed by atoms with E-state index in [1.807, 2.05) is 30.3 Å². The molecule has 1 heterocycles. The van der Waals surface area contributed by atoms with Crippen LogP contribution in [0, 0.1) is 5.82 Å². The van der Waals surface area contributed by atoms with Crippen LogP contribution in [0.15, 0.2) is 60.7 Å². The van der Waals surface area contributed by atoms with Crippen LogP contribution in [0.4, 0.5) is 4.39 Å². The zero-order valence-electron chi connectivity index (χ0n) is 19.0. The molecule has 0 aliphatic rings. The molecule has 2 N–H and O–H groups in total. The molecule has 0 radical (unpaired) electrons. The van der Waals surface area contributed by atoms with Gasteiger partial charge in [-0.3, -0.25) is 0 Å². The summed E-state index contributed by atoms with van der Waals surface area (Å²) in [6, 6.07) is 16.4. The summed E-state index contributed by atoms with van der Waals surface area (Å²) in [5, 5.41) is 30.8. The van der Waals surface area contributed by atoms with Crippen molar-refractivity contribution in [3.05, 3.63) is 76.9 Å². The molecule has 7 heteroatoms. The third kappa shape index (κ3) is 7.09. The molecule has 0 unspecified atom stereocenters. The van der Waals surface area contributed by atoms with Crippen molar-refractivity contribution in [2.24, 2.45) is 0 Å². The molecule has 0 bridgehead atoms. The van der Waals surface area contributed by atoms with E-state index in [1.165, 1.54) is 12.1 Å². The first-order chi connectivity index (χ1) is 15.3. The zero-order chi connectivity index (χ0) is 23.3. The largest absolute Gasteiger partial charge is 1.00 e. The monoisotopic (exact) mass is 476 g/mol. The van der Waals surface area contributed by atoms with Crippen molar-refractivity contribution in [3.8, 4) is 21.6 Å². The molecule has 168 valence electrons. The number of benzene rings is 2. The number of halogens is 1. The van der Waals surface area contributed by atoms with Crippen molar-refractivity contribution >= 4 is 23.4 Å². The second-order valence-electron chi connectivity index (χ2n) is 7.98. The number of aliphatic hydroxyl groups is 2. The molecule has 0 amide bonds. The second-order valence-corrected chi connectivity index (χ2v) is 9.03. The van der Waals surface area contributed by atoms with Gasteiger partial charge in [-0.25, -0.2) is 4.39 Å². The number of carboxylic acids is 1. The standard InChI is InChI=1S/C26H27FO4S.Na/c1-16(2)25-21(13-12-18(28)14-19(29)15-23(30)31)24(20-10-6-7-11-22(20)27)26(32-25)17-8-4-3-5-9-17;/h3-13,16,18-19,28-29H,14-15H2,1-2H3,(H,30,31);/q;+1/p-1/b13-12+;/t18-,19-;/m1./s1. The fourth-order valence-electron chi connectivity index (χ4n) is 3.62. The van der Waals surface area contributed by atoms with E-state index in [4.69, 9.17) is 0 Å². The van der Waals surface area contributed by atoms with Gasteiger partial charge in [-0.15, -0.1) is 11.3 Å². The Morgan fingerprint density at radius 3 is 2.33 bits per heavy atom. The normalized spacial score (nSPS) is 13.2. The summed E-state index contributed by atoms with van der Waals surface area (Å²) in [5.41, 5.74) is 3.01. The van der Waals surface area contributed by atoms with E-state index < -0.39 is 24.6 Å².